The van der Waals surface area contributed by atoms with Crippen molar-refractivity contribution in [2.45, 2.75) is 18.9 Å². The van der Waals surface area contributed by atoms with Crippen LogP contribution >= 0.6 is 12.2 Å². The molecule has 0 unspecified atom stereocenters. The normalized spacial score (nSPS) is 14.9. The van der Waals surface area contributed by atoms with Gasteiger partial charge in [0.15, 0.2) is 5.11 Å². The van der Waals surface area contributed by atoms with Crippen molar-refractivity contribution in [1.29, 1.82) is 0 Å². The van der Waals surface area contributed by atoms with Crippen molar-refractivity contribution in [3.8, 4) is 0 Å². The zero-order valence-corrected chi connectivity index (χ0v) is 9.03. The zero-order chi connectivity index (χ0) is 9.97. The van der Waals surface area contributed by atoms with Gasteiger partial charge in [-0.15, -0.1) is 0 Å². The highest BCUT2D eigenvalue weighted by molar-refractivity contribution is 7.80. The van der Waals surface area contributed by atoms with Crippen molar-refractivity contribution < 1.29 is 0 Å². The van der Waals surface area contributed by atoms with Gasteiger partial charge in [-0.2, -0.15) is 0 Å². The summed E-state index contributed by atoms with van der Waals surface area (Å²) in [6.45, 7) is 0. The lowest BCUT2D eigenvalue weighted by atomic mass is 10.1. The number of hydrogen-bond acceptors (Lipinski definition) is 1. The molecule has 2 rings (SSSR count). The first-order chi connectivity index (χ1) is 6.79. The summed E-state index contributed by atoms with van der Waals surface area (Å²) in [5, 5.41) is 6.97. The summed E-state index contributed by atoms with van der Waals surface area (Å²) in [7, 11) is 1.84. The lowest BCUT2D eigenvalue weighted by molar-refractivity contribution is 0.639. The monoisotopic (exact) mass is 206 g/mol. The Morgan fingerprint density at radius 3 is 2.36 bits per heavy atom. The van der Waals surface area contributed by atoms with E-state index in [2.05, 4.69) is 34.9 Å². The summed E-state index contributed by atoms with van der Waals surface area (Å²) >= 11 is 5.08. The molecule has 0 saturated carbocycles. The van der Waals surface area contributed by atoms with Crippen LogP contribution in [0.15, 0.2) is 24.3 Å². The highest BCUT2D eigenvalue weighted by atomic mass is 32.1. The molecule has 2 N–H and O–H groups in total. The maximum atomic E-state index is 5.08. The van der Waals surface area contributed by atoms with Crippen LogP contribution in [0.2, 0.25) is 0 Å². The van der Waals surface area contributed by atoms with Crippen molar-refractivity contribution >= 4 is 17.3 Å². The molecule has 3 heteroatoms. The molecular weight excluding hydrogens is 192 g/mol. The molecule has 1 aromatic carbocycles. The van der Waals surface area contributed by atoms with E-state index in [-0.39, 0.29) is 0 Å². The molecule has 1 aromatic rings. The Labute approximate surface area is 89.7 Å². The molecular formula is C11H14N2S. The lowest BCUT2D eigenvalue weighted by Gasteiger charge is -2.13. The fourth-order valence-electron chi connectivity index (χ4n) is 1.92. The first-order valence-corrected chi connectivity index (χ1v) is 5.25. The SMILES string of the molecule is CNC(=S)NC1Cc2ccccc2C1. The third-order valence-corrected chi connectivity index (χ3v) is 2.94. The molecule has 14 heavy (non-hydrogen) atoms. The van der Waals surface area contributed by atoms with Crippen LogP contribution in [0.4, 0.5) is 0 Å². The second kappa shape index (κ2) is 3.96. The average Bonchev–Trinajstić information content (AvgIpc) is 2.59. The van der Waals surface area contributed by atoms with Gasteiger partial charge < -0.3 is 10.6 Å². The van der Waals surface area contributed by atoms with E-state index >= 15 is 0 Å². The van der Waals surface area contributed by atoms with Gasteiger partial charge >= 0.3 is 0 Å². The first-order valence-electron chi connectivity index (χ1n) is 4.84. The first kappa shape index (κ1) is 9.46. The van der Waals surface area contributed by atoms with Gasteiger partial charge in [-0.25, -0.2) is 0 Å². The standard InChI is InChI=1S/C11H14N2S/c1-12-11(14)13-10-6-8-4-2-3-5-9(8)7-10/h2-5,10H,6-7H2,1H3,(H2,12,13,14). The van der Waals surface area contributed by atoms with Crippen molar-refractivity contribution in [3.63, 3.8) is 0 Å². The minimum Gasteiger partial charge on any atom is -0.366 e. The summed E-state index contributed by atoms with van der Waals surface area (Å²) in [6, 6.07) is 9.04. The fourth-order valence-corrected chi connectivity index (χ4v) is 2.09. The van der Waals surface area contributed by atoms with Gasteiger partial charge in [-0.3, -0.25) is 0 Å². The molecule has 0 aromatic heterocycles. The fraction of sp³-hybridized carbons (Fsp3) is 0.364. The minimum atomic E-state index is 0.465. The second-order valence-electron chi connectivity index (χ2n) is 3.60. The zero-order valence-electron chi connectivity index (χ0n) is 8.21. The Kier molecular flexibility index (Phi) is 2.68. The second-order valence-corrected chi connectivity index (χ2v) is 4.01. The molecule has 74 valence electrons. The van der Waals surface area contributed by atoms with E-state index in [0.29, 0.717) is 6.04 Å². The average molecular weight is 206 g/mol. The number of fused-ring (bicyclic) bond motifs is 1. The largest absolute Gasteiger partial charge is 0.366 e. The number of benzene rings is 1. The Morgan fingerprint density at radius 1 is 1.29 bits per heavy atom. The number of hydrogen-bond donors (Lipinski definition) is 2. The molecule has 0 atom stereocenters. The molecule has 0 amide bonds. The van der Waals surface area contributed by atoms with Crippen LogP contribution in [0.5, 0.6) is 0 Å². The van der Waals surface area contributed by atoms with E-state index in [1.54, 1.807) is 0 Å². The van der Waals surface area contributed by atoms with Crippen molar-refractivity contribution in [2.75, 3.05) is 7.05 Å². The van der Waals surface area contributed by atoms with E-state index in [0.717, 1.165) is 18.0 Å². The van der Waals surface area contributed by atoms with E-state index in [9.17, 15) is 0 Å². The van der Waals surface area contributed by atoms with Gasteiger partial charge in [0.25, 0.3) is 0 Å². The smallest absolute Gasteiger partial charge is 0.166 e. The van der Waals surface area contributed by atoms with E-state index < -0.39 is 0 Å². The maximum absolute atomic E-state index is 5.08. The molecule has 1 aliphatic rings. The van der Waals surface area contributed by atoms with Crippen LogP contribution < -0.4 is 10.6 Å². The summed E-state index contributed by atoms with van der Waals surface area (Å²) in [5.41, 5.74) is 2.90. The molecule has 0 fully saturated rings. The van der Waals surface area contributed by atoms with Crippen molar-refractivity contribution in [3.05, 3.63) is 35.4 Å². The van der Waals surface area contributed by atoms with Gasteiger partial charge in [0.05, 0.1) is 0 Å². The van der Waals surface area contributed by atoms with Gasteiger partial charge in [0.2, 0.25) is 0 Å². The Balaban J connectivity index is 2.01. The highest BCUT2D eigenvalue weighted by Gasteiger charge is 2.20. The highest BCUT2D eigenvalue weighted by Crippen LogP contribution is 2.21. The molecule has 2 nitrogen and oxygen atoms in total. The number of rotatable bonds is 1. The quantitative estimate of drug-likeness (QED) is 0.676. The van der Waals surface area contributed by atoms with E-state index in [1.165, 1.54) is 11.1 Å². The number of thiocarbonyl (C=S) groups is 1. The minimum absolute atomic E-state index is 0.465. The van der Waals surface area contributed by atoms with Gasteiger partial charge in [-0.1, -0.05) is 24.3 Å². The van der Waals surface area contributed by atoms with Crippen LogP contribution in [0.1, 0.15) is 11.1 Å². The molecule has 1 aliphatic carbocycles. The predicted molar refractivity (Wildman–Crippen MR) is 62.4 cm³/mol. The van der Waals surface area contributed by atoms with Crippen LogP contribution in [0.25, 0.3) is 0 Å². The maximum Gasteiger partial charge on any atom is 0.166 e. The van der Waals surface area contributed by atoms with Gasteiger partial charge in [-0.05, 0) is 36.2 Å². The molecule has 0 saturated heterocycles. The Bertz CT molecular complexity index is 324. The topological polar surface area (TPSA) is 24.1 Å². The molecule has 0 heterocycles. The lowest BCUT2D eigenvalue weighted by Crippen LogP contribution is -2.40. The Morgan fingerprint density at radius 2 is 1.86 bits per heavy atom. The van der Waals surface area contributed by atoms with Crippen LogP contribution in [-0.4, -0.2) is 18.2 Å². The molecule has 0 spiro atoms. The summed E-state index contributed by atoms with van der Waals surface area (Å²) in [5.74, 6) is 0. The molecule has 0 radical (unpaired) electrons. The molecule has 0 aliphatic heterocycles. The summed E-state index contributed by atoms with van der Waals surface area (Å²) in [6.07, 6.45) is 2.16. The van der Waals surface area contributed by atoms with Crippen molar-refractivity contribution in [2.24, 2.45) is 0 Å². The number of nitrogens with one attached hydrogen (secondary N) is 2. The van der Waals surface area contributed by atoms with Crippen LogP contribution in [0, 0.1) is 0 Å². The van der Waals surface area contributed by atoms with Gasteiger partial charge in [0, 0.05) is 13.1 Å². The predicted octanol–water partition coefficient (Wildman–Crippen LogP) is 1.25. The summed E-state index contributed by atoms with van der Waals surface area (Å²) < 4.78 is 0. The third-order valence-electron chi connectivity index (χ3n) is 2.61. The van der Waals surface area contributed by atoms with Crippen LogP contribution in [0.3, 0.4) is 0 Å². The molecule has 0 bridgehead atoms. The van der Waals surface area contributed by atoms with E-state index in [4.69, 9.17) is 12.2 Å². The third kappa shape index (κ3) is 1.87. The Hall–Kier alpha value is -1.09. The van der Waals surface area contributed by atoms with Crippen LogP contribution in [-0.2, 0) is 12.8 Å². The van der Waals surface area contributed by atoms with Crippen molar-refractivity contribution in [1.82, 2.24) is 10.6 Å². The van der Waals surface area contributed by atoms with E-state index in [1.807, 2.05) is 7.05 Å². The summed E-state index contributed by atoms with van der Waals surface area (Å²) in [4.78, 5) is 0. The van der Waals surface area contributed by atoms with Gasteiger partial charge in [0.1, 0.15) is 0 Å².